The van der Waals surface area contributed by atoms with Gasteiger partial charge in [0.2, 0.25) is 0 Å². The molecule has 1 atom stereocenters. The van der Waals surface area contributed by atoms with Gasteiger partial charge in [-0.3, -0.25) is 0 Å². The van der Waals surface area contributed by atoms with Gasteiger partial charge in [-0.1, -0.05) is 39.0 Å². The molecular weight excluding hydrogens is 152 g/mol. The molecule has 0 aromatic carbocycles. The van der Waals surface area contributed by atoms with E-state index in [1.807, 2.05) is 0 Å². The fourth-order valence-electron chi connectivity index (χ4n) is 1.17. The second kappa shape index (κ2) is 3.06. The van der Waals surface area contributed by atoms with Gasteiger partial charge in [-0.05, 0) is 17.4 Å². The van der Waals surface area contributed by atoms with Gasteiger partial charge < -0.3 is 0 Å². The Morgan fingerprint density at radius 3 is 2.45 bits per heavy atom. The van der Waals surface area contributed by atoms with E-state index < -0.39 is 0 Å². The van der Waals surface area contributed by atoms with E-state index in [-0.39, 0.29) is 0 Å². The van der Waals surface area contributed by atoms with Gasteiger partial charge in [0.05, 0.1) is 0 Å². The Balaban J connectivity index is 2.71. The summed E-state index contributed by atoms with van der Waals surface area (Å²) in [6.45, 7) is 6.71. The Morgan fingerprint density at radius 1 is 1.45 bits per heavy atom. The summed E-state index contributed by atoms with van der Waals surface area (Å²) in [6, 6.07) is 0. The zero-order chi connectivity index (χ0) is 8.48. The number of thiol groups is 1. The van der Waals surface area contributed by atoms with Crippen molar-refractivity contribution in [3.8, 4) is 0 Å². The lowest BCUT2D eigenvalue weighted by molar-refractivity contribution is 0.512. The summed E-state index contributed by atoms with van der Waals surface area (Å²) in [6.07, 6.45) is 7.73. The molecule has 0 aliphatic heterocycles. The summed E-state index contributed by atoms with van der Waals surface area (Å²) in [5.41, 5.74) is 1.73. The third kappa shape index (κ3) is 2.41. The molecule has 0 aromatic heterocycles. The van der Waals surface area contributed by atoms with Crippen LogP contribution in [-0.2, 0) is 0 Å². The molecule has 0 heterocycles. The van der Waals surface area contributed by atoms with Crippen molar-refractivity contribution in [2.75, 3.05) is 0 Å². The van der Waals surface area contributed by atoms with Crippen molar-refractivity contribution in [2.45, 2.75) is 32.4 Å². The quantitative estimate of drug-likeness (QED) is 0.527. The minimum absolute atomic E-state index is 0.296. The average Bonchev–Trinajstić information content (AvgIpc) is 1.86. The van der Waals surface area contributed by atoms with Gasteiger partial charge in [-0.2, -0.15) is 12.6 Å². The molecule has 1 aliphatic rings. The average molecular weight is 168 g/mol. The van der Waals surface area contributed by atoms with E-state index >= 15 is 0 Å². The van der Waals surface area contributed by atoms with Crippen LogP contribution >= 0.6 is 12.6 Å². The summed E-state index contributed by atoms with van der Waals surface area (Å²) >= 11 is 4.37. The van der Waals surface area contributed by atoms with Gasteiger partial charge in [-0.15, -0.1) is 0 Å². The summed E-state index contributed by atoms with van der Waals surface area (Å²) in [4.78, 5) is 0. The van der Waals surface area contributed by atoms with Crippen LogP contribution in [0.25, 0.3) is 0 Å². The molecule has 0 saturated heterocycles. The Labute approximate surface area is 74.8 Å². The first kappa shape index (κ1) is 8.92. The Morgan fingerprint density at radius 2 is 2.09 bits per heavy atom. The second-order valence-electron chi connectivity index (χ2n) is 4.07. The van der Waals surface area contributed by atoms with Gasteiger partial charge in [-0.25, -0.2) is 0 Å². The van der Waals surface area contributed by atoms with Crippen LogP contribution in [0.1, 0.15) is 27.2 Å². The number of rotatable bonds is 0. The highest BCUT2D eigenvalue weighted by Crippen LogP contribution is 2.29. The largest absolute Gasteiger partial charge is 0.171 e. The van der Waals surface area contributed by atoms with Crippen LogP contribution in [0.5, 0.6) is 0 Å². The van der Waals surface area contributed by atoms with Gasteiger partial charge in [0.25, 0.3) is 0 Å². The first-order chi connectivity index (χ1) is 5.00. The zero-order valence-electron chi connectivity index (χ0n) is 7.46. The molecule has 0 bridgehead atoms. The van der Waals surface area contributed by atoms with Crippen LogP contribution in [0.15, 0.2) is 23.8 Å². The fraction of sp³-hybridized carbons (Fsp3) is 0.600. The highest BCUT2D eigenvalue weighted by molar-refractivity contribution is 7.81. The molecule has 11 heavy (non-hydrogen) atoms. The Kier molecular flexibility index (Phi) is 2.48. The lowest BCUT2D eigenvalue weighted by Gasteiger charge is -2.23. The molecule has 1 aliphatic carbocycles. The maximum atomic E-state index is 4.37. The lowest BCUT2D eigenvalue weighted by Crippen LogP contribution is -2.11. The summed E-state index contributed by atoms with van der Waals surface area (Å²) in [5.74, 6) is 0. The van der Waals surface area contributed by atoms with E-state index in [0.717, 1.165) is 6.42 Å². The predicted octanol–water partition coefficient (Wildman–Crippen LogP) is 3.22. The van der Waals surface area contributed by atoms with E-state index in [4.69, 9.17) is 0 Å². The minimum atomic E-state index is 0.296. The molecule has 0 nitrogen and oxygen atoms in total. The van der Waals surface area contributed by atoms with Crippen LogP contribution in [0.2, 0.25) is 0 Å². The smallest absolute Gasteiger partial charge is 0.0234 e. The van der Waals surface area contributed by atoms with Crippen LogP contribution in [0.3, 0.4) is 0 Å². The van der Waals surface area contributed by atoms with E-state index in [0.29, 0.717) is 10.7 Å². The van der Waals surface area contributed by atoms with Gasteiger partial charge in [0.15, 0.2) is 0 Å². The SMILES string of the molecule is CC(C)(C)C1=CCC(S)C=C1. The van der Waals surface area contributed by atoms with Crippen LogP contribution in [0, 0.1) is 5.41 Å². The first-order valence-electron chi connectivity index (χ1n) is 4.07. The molecule has 1 unspecified atom stereocenters. The molecule has 0 fully saturated rings. The molecular formula is C10H16S. The van der Waals surface area contributed by atoms with Crippen LogP contribution < -0.4 is 0 Å². The number of hydrogen-bond donors (Lipinski definition) is 1. The Hall–Kier alpha value is -0.170. The van der Waals surface area contributed by atoms with Gasteiger partial charge >= 0.3 is 0 Å². The summed E-state index contributed by atoms with van der Waals surface area (Å²) < 4.78 is 0. The first-order valence-corrected chi connectivity index (χ1v) is 4.59. The third-order valence-electron chi connectivity index (χ3n) is 1.94. The van der Waals surface area contributed by atoms with Gasteiger partial charge in [0, 0.05) is 5.25 Å². The number of hydrogen-bond acceptors (Lipinski definition) is 1. The van der Waals surface area contributed by atoms with Crippen LogP contribution in [-0.4, -0.2) is 5.25 Å². The molecule has 0 N–H and O–H groups in total. The topological polar surface area (TPSA) is 0 Å². The van der Waals surface area contributed by atoms with Crippen molar-refractivity contribution in [3.63, 3.8) is 0 Å². The number of allylic oxidation sites excluding steroid dienone is 3. The molecule has 0 amide bonds. The molecule has 1 rings (SSSR count). The molecule has 62 valence electrons. The predicted molar refractivity (Wildman–Crippen MR) is 54.1 cm³/mol. The molecule has 0 aromatic rings. The standard InChI is InChI=1S/C10H16S/c1-10(2,3)8-4-6-9(11)7-5-8/h4-6,9,11H,7H2,1-3H3. The molecule has 0 spiro atoms. The molecule has 0 saturated carbocycles. The molecule has 1 heteroatoms. The van der Waals surface area contributed by atoms with Crippen molar-refractivity contribution < 1.29 is 0 Å². The maximum absolute atomic E-state index is 4.37. The van der Waals surface area contributed by atoms with Crippen molar-refractivity contribution >= 4 is 12.6 Å². The molecule has 0 radical (unpaired) electrons. The normalized spacial score (nSPS) is 25.1. The van der Waals surface area contributed by atoms with E-state index in [2.05, 4.69) is 51.6 Å². The summed E-state index contributed by atoms with van der Waals surface area (Å²) in [5, 5.41) is 0.432. The highest BCUT2D eigenvalue weighted by Gasteiger charge is 2.16. The lowest BCUT2D eigenvalue weighted by atomic mass is 9.84. The van der Waals surface area contributed by atoms with Crippen molar-refractivity contribution in [1.82, 2.24) is 0 Å². The highest BCUT2D eigenvalue weighted by atomic mass is 32.1. The van der Waals surface area contributed by atoms with Crippen molar-refractivity contribution in [1.29, 1.82) is 0 Å². The maximum Gasteiger partial charge on any atom is 0.0234 e. The van der Waals surface area contributed by atoms with Gasteiger partial charge in [0.1, 0.15) is 0 Å². The van der Waals surface area contributed by atoms with Crippen molar-refractivity contribution in [3.05, 3.63) is 23.8 Å². The second-order valence-corrected chi connectivity index (χ2v) is 4.73. The third-order valence-corrected chi connectivity index (χ3v) is 2.33. The van der Waals surface area contributed by atoms with E-state index in [1.165, 1.54) is 5.57 Å². The van der Waals surface area contributed by atoms with Crippen molar-refractivity contribution in [2.24, 2.45) is 5.41 Å². The van der Waals surface area contributed by atoms with Crippen LogP contribution in [0.4, 0.5) is 0 Å². The monoisotopic (exact) mass is 168 g/mol. The minimum Gasteiger partial charge on any atom is -0.171 e. The Bertz CT molecular complexity index is 193. The van der Waals surface area contributed by atoms with E-state index in [9.17, 15) is 0 Å². The summed E-state index contributed by atoms with van der Waals surface area (Å²) in [7, 11) is 0. The van der Waals surface area contributed by atoms with E-state index in [1.54, 1.807) is 0 Å². The zero-order valence-corrected chi connectivity index (χ0v) is 8.36. The fourth-order valence-corrected chi connectivity index (χ4v) is 1.36.